The zero-order valence-electron chi connectivity index (χ0n) is 16.9. The zero-order chi connectivity index (χ0) is 20.7. The van der Waals surface area contributed by atoms with Gasteiger partial charge in [-0.2, -0.15) is 5.26 Å². The second kappa shape index (κ2) is 10.0. The molecule has 1 fully saturated rings. The fourth-order valence-electron chi connectivity index (χ4n) is 3.10. The Hall–Kier alpha value is -2.65. The molecule has 0 radical (unpaired) electrons. The Bertz CT molecular complexity index is 880. The first-order chi connectivity index (χ1) is 13.5. The van der Waals surface area contributed by atoms with Crippen molar-refractivity contribution in [3.05, 3.63) is 59.2 Å². The lowest BCUT2D eigenvalue weighted by Crippen LogP contribution is -2.49. The lowest BCUT2D eigenvalue weighted by molar-refractivity contribution is 0.0746. The molecule has 5 nitrogen and oxygen atoms in total. The number of nitrogens with zero attached hydrogens (tertiary/aromatic N) is 3. The third-order valence-corrected chi connectivity index (χ3v) is 5.62. The van der Waals surface area contributed by atoms with Crippen LogP contribution in [0.15, 0.2) is 47.4 Å². The number of rotatable bonds is 3. The summed E-state index contributed by atoms with van der Waals surface area (Å²) in [6.07, 6.45) is 1.62. The summed E-state index contributed by atoms with van der Waals surface area (Å²) in [5, 5.41) is 8.89. The number of carbonyl (C=O) groups is 1. The van der Waals surface area contributed by atoms with Gasteiger partial charge in [-0.05, 0) is 48.9 Å². The molecule has 1 amide bonds. The van der Waals surface area contributed by atoms with Crippen LogP contribution >= 0.6 is 0 Å². The van der Waals surface area contributed by atoms with Crippen molar-refractivity contribution < 1.29 is 9.00 Å². The van der Waals surface area contributed by atoms with Crippen LogP contribution in [0, 0.1) is 18.3 Å². The van der Waals surface area contributed by atoms with Crippen LogP contribution in [0.5, 0.6) is 0 Å². The molecule has 28 heavy (non-hydrogen) atoms. The molecule has 1 heterocycles. The Morgan fingerprint density at radius 3 is 2.18 bits per heavy atom. The van der Waals surface area contributed by atoms with Gasteiger partial charge in [-0.1, -0.05) is 19.9 Å². The van der Waals surface area contributed by atoms with Gasteiger partial charge in [0.05, 0.1) is 11.6 Å². The molecule has 2 aromatic rings. The highest BCUT2D eigenvalue weighted by molar-refractivity contribution is 7.84. The van der Waals surface area contributed by atoms with Crippen molar-refractivity contribution in [3.63, 3.8) is 0 Å². The van der Waals surface area contributed by atoms with E-state index in [9.17, 15) is 9.00 Å². The van der Waals surface area contributed by atoms with E-state index in [1.165, 1.54) is 0 Å². The lowest BCUT2D eigenvalue weighted by Gasteiger charge is -2.36. The van der Waals surface area contributed by atoms with E-state index in [2.05, 4.69) is 11.0 Å². The Morgan fingerprint density at radius 2 is 1.64 bits per heavy atom. The number of hydrogen-bond acceptors (Lipinski definition) is 4. The average molecular weight is 398 g/mol. The van der Waals surface area contributed by atoms with E-state index >= 15 is 0 Å². The first kappa shape index (κ1) is 21.6. The molecular weight excluding hydrogens is 370 g/mol. The Kier molecular flexibility index (Phi) is 7.77. The van der Waals surface area contributed by atoms with Gasteiger partial charge in [0, 0.05) is 59.4 Å². The van der Waals surface area contributed by atoms with Gasteiger partial charge < -0.3 is 9.80 Å². The average Bonchev–Trinajstić information content (AvgIpc) is 2.75. The van der Waals surface area contributed by atoms with Crippen molar-refractivity contribution in [2.75, 3.05) is 37.3 Å². The molecule has 148 valence electrons. The fraction of sp³-hybridized carbons (Fsp3) is 0.364. The summed E-state index contributed by atoms with van der Waals surface area (Å²) in [4.78, 5) is 17.6. The minimum atomic E-state index is -1.10. The van der Waals surface area contributed by atoms with Crippen LogP contribution in [-0.2, 0) is 10.8 Å². The van der Waals surface area contributed by atoms with Crippen LogP contribution in [0.2, 0.25) is 0 Å². The highest BCUT2D eigenvalue weighted by Gasteiger charge is 2.23. The van der Waals surface area contributed by atoms with Gasteiger partial charge in [-0.15, -0.1) is 0 Å². The number of carbonyl (C=O) groups excluding carboxylic acids is 1. The number of nitriles is 1. The third kappa shape index (κ3) is 4.99. The highest BCUT2D eigenvalue weighted by atomic mass is 32.2. The van der Waals surface area contributed by atoms with Crippen LogP contribution in [0.3, 0.4) is 0 Å². The molecule has 0 aromatic heterocycles. The van der Waals surface area contributed by atoms with E-state index in [1.54, 1.807) is 12.3 Å². The van der Waals surface area contributed by atoms with Crippen LogP contribution in [-0.4, -0.2) is 47.5 Å². The van der Waals surface area contributed by atoms with Crippen LogP contribution in [0.1, 0.15) is 35.3 Å². The molecule has 2 aromatic carbocycles. The SMILES string of the molecule is CC.Cc1ccc(S(C)=O)cc1C(=O)N1CCN(c2ccc(C#N)cc2)CC1. The molecule has 0 aliphatic carbocycles. The maximum Gasteiger partial charge on any atom is 0.254 e. The summed E-state index contributed by atoms with van der Waals surface area (Å²) in [6.45, 7) is 8.67. The summed E-state index contributed by atoms with van der Waals surface area (Å²) in [5.41, 5.74) is 3.24. The molecule has 0 saturated carbocycles. The van der Waals surface area contributed by atoms with E-state index < -0.39 is 10.8 Å². The predicted molar refractivity (Wildman–Crippen MR) is 114 cm³/mol. The van der Waals surface area contributed by atoms with E-state index in [-0.39, 0.29) is 5.91 Å². The van der Waals surface area contributed by atoms with Crippen molar-refractivity contribution in [1.29, 1.82) is 5.26 Å². The van der Waals surface area contributed by atoms with Crippen molar-refractivity contribution >= 4 is 22.4 Å². The van der Waals surface area contributed by atoms with E-state index in [0.29, 0.717) is 29.1 Å². The molecule has 6 heteroatoms. The van der Waals surface area contributed by atoms with Crippen molar-refractivity contribution in [3.8, 4) is 6.07 Å². The highest BCUT2D eigenvalue weighted by Crippen LogP contribution is 2.20. The third-order valence-electron chi connectivity index (χ3n) is 4.70. The Balaban J connectivity index is 0.00000136. The Morgan fingerprint density at radius 1 is 1.04 bits per heavy atom. The number of benzene rings is 2. The second-order valence-electron chi connectivity index (χ2n) is 6.37. The minimum Gasteiger partial charge on any atom is -0.368 e. The number of hydrogen-bond donors (Lipinski definition) is 0. The van der Waals surface area contributed by atoms with Crippen LogP contribution < -0.4 is 4.90 Å². The topological polar surface area (TPSA) is 64.4 Å². The number of aryl methyl sites for hydroxylation is 1. The quantitative estimate of drug-likeness (QED) is 0.794. The second-order valence-corrected chi connectivity index (χ2v) is 7.75. The Labute approximate surface area is 170 Å². The summed E-state index contributed by atoms with van der Waals surface area (Å²) in [5.74, 6) is -0.00530. The lowest BCUT2D eigenvalue weighted by atomic mass is 10.1. The molecule has 0 spiro atoms. The normalized spacial score (nSPS) is 14.5. The fourth-order valence-corrected chi connectivity index (χ4v) is 3.64. The minimum absolute atomic E-state index is 0.00530. The molecule has 1 unspecified atom stereocenters. The molecule has 0 bridgehead atoms. The largest absolute Gasteiger partial charge is 0.368 e. The first-order valence-corrected chi connectivity index (χ1v) is 11.0. The van der Waals surface area contributed by atoms with Gasteiger partial charge >= 0.3 is 0 Å². The van der Waals surface area contributed by atoms with Crippen LogP contribution in [0.25, 0.3) is 0 Å². The van der Waals surface area contributed by atoms with Gasteiger partial charge in [0.15, 0.2) is 0 Å². The number of anilines is 1. The molecular formula is C22H27N3O2S. The maximum absolute atomic E-state index is 12.9. The standard InChI is InChI=1S/C20H21N3O2S.C2H6/c1-15-3-8-18(26(2)25)13-19(15)20(24)23-11-9-22(10-12-23)17-6-4-16(14-21)5-7-17;1-2/h3-8,13H,9-12H2,1-2H3;1-2H3. The predicted octanol–water partition coefficient (Wildman–Crippen LogP) is 3.59. The molecule has 0 N–H and O–H groups in total. The van der Waals surface area contributed by atoms with Gasteiger partial charge in [0.2, 0.25) is 0 Å². The molecule has 1 saturated heterocycles. The van der Waals surface area contributed by atoms with Gasteiger partial charge in [0.1, 0.15) is 0 Å². The smallest absolute Gasteiger partial charge is 0.254 e. The van der Waals surface area contributed by atoms with Crippen molar-refractivity contribution in [2.24, 2.45) is 0 Å². The zero-order valence-corrected chi connectivity index (χ0v) is 17.8. The van der Waals surface area contributed by atoms with Gasteiger partial charge in [0.25, 0.3) is 5.91 Å². The van der Waals surface area contributed by atoms with Crippen LogP contribution in [0.4, 0.5) is 5.69 Å². The van der Waals surface area contributed by atoms with Gasteiger partial charge in [-0.25, -0.2) is 0 Å². The van der Waals surface area contributed by atoms with Crippen molar-refractivity contribution in [1.82, 2.24) is 4.90 Å². The maximum atomic E-state index is 12.9. The number of piperazine rings is 1. The monoisotopic (exact) mass is 397 g/mol. The van der Waals surface area contributed by atoms with Crippen molar-refractivity contribution in [2.45, 2.75) is 25.7 Å². The summed E-state index contributed by atoms with van der Waals surface area (Å²) >= 11 is 0. The molecule has 1 aliphatic heterocycles. The van der Waals surface area contributed by atoms with E-state index in [1.807, 2.05) is 62.1 Å². The summed E-state index contributed by atoms with van der Waals surface area (Å²) in [7, 11) is -1.10. The molecule has 1 aliphatic rings. The van der Waals surface area contributed by atoms with E-state index in [4.69, 9.17) is 5.26 Å². The first-order valence-electron chi connectivity index (χ1n) is 9.48. The molecule has 3 rings (SSSR count). The van der Waals surface area contributed by atoms with E-state index in [0.717, 1.165) is 24.3 Å². The summed E-state index contributed by atoms with van der Waals surface area (Å²) < 4.78 is 11.7. The summed E-state index contributed by atoms with van der Waals surface area (Å²) in [6, 6.07) is 15.1. The van der Waals surface area contributed by atoms with Gasteiger partial charge in [-0.3, -0.25) is 9.00 Å². The number of amides is 1. The molecule has 1 atom stereocenters.